The van der Waals surface area contributed by atoms with Gasteiger partial charge in [0.1, 0.15) is 10.7 Å². The fourth-order valence-corrected chi connectivity index (χ4v) is 3.48. The minimum absolute atomic E-state index is 0.0679. The summed E-state index contributed by atoms with van der Waals surface area (Å²) in [5.41, 5.74) is 3.52. The van der Waals surface area contributed by atoms with E-state index in [9.17, 15) is 9.18 Å². The highest BCUT2D eigenvalue weighted by molar-refractivity contribution is 7.13. The number of fused-ring (bicyclic) bond motifs is 3. The molecule has 0 unspecified atom stereocenters. The van der Waals surface area contributed by atoms with Crippen molar-refractivity contribution in [2.75, 3.05) is 0 Å². The van der Waals surface area contributed by atoms with E-state index < -0.39 is 0 Å². The molecule has 3 aromatic rings. The molecule has 19 heavy (non-hydrogen) atoms. The fraction of sp³-hybridized carbons (Fsp3) is 0. The van der Waals surface area contributed by atoms with E-state index in [-0.39, 0.29) is 11.6 Å². The van der Waals surface area contributed by atoms with Crippen LogP contribution in [-0.4, -0.2) is 10.4 Å². The predicted octanol–water partition coefficient (Wildman–Crippen LogP) is 3.89. The Hall–Kier alpha value is -2.20. The lowest BCUT2D eigenvalue weighted by atomic mass is 10.1. The maximum absolute atomic E-state index is 13.0. The van der Waals surface area contributed by atoms with Crippen LogP contribution in [0.25, 0.3) is 16.8 Å². The average molecular weight is 269 g/mol. The molecule has 3 heterocycles. The molecule has 92 valence electrons. The van der Waals surface area contributed by atoms with E-state index >= 15 is 0 Å². The summed E-state index contributed by atoms with van der Waals surface area (Å²) in [7, 11) is 0. The molecular formula is C15H8FNOS. The van der Waals surface area contributed by atoms with Crippen molar-refractivity contribution in [2.45, 2.75) is 0 Å². The van der Waals surface area contributed by atoms with Gasteiger partial charge in [-0.05, 0) is 29.8 Å². The van der Waals surface area contributed by atoms with Gasteiger partial charge in [-0.3, -0.25) is 4.79 Å². The van der Waals surface area contributed by atoms with Crippen LogP contribution in [-0.2, 0) is 0 Å². The van der Waals surface area contributed by atoms with Crippen LogP contribution in [0.5, 0.6) is 0 Å². The topological polar surface area (TPSA) is 22.0 Å². The van der Waals surface area contributed by atoms with E-state index in [1.165, 1.54) is 23.5 Å². The highest BCUT2D eigenvalue weighted by atomic mass is 32.1. The highest BCUT2D eigenvalue weighted by Gasteiger charge is 2.30. The summed E-state index contributed by atoms with van der Waals surface area (Å²) in [6, 6.07) is 10.0. The molecule has 1 aromatic carbocycles. The van der Waals surface area contributed by atoms with Crippen LogP contribution in [0.1, 0.15) is 15.4 Å². The molecule has 0 fully saturated rings. The molecule has 0 atom stereocenters. The monoisotopic (exact) mass is 269 g/mol. The largest absolute Gasteiger partial charge is 0.311 e. The van der Waals surface area contributed by atoms with Crippen LogP contribution >= 0.6 is 11.3 Å². The molecule has 0 saturated heterocycles. The number of rotatable bonds is 1. The van der Waals surface area contributed by atoms with E-state index in [1.807, 2.05) is 28.3 Å². The van der Waals surface area contributed by atoms with Crippen molar-refractivity contribution in [1.29, 1.82) is 0 Å². The third kappa shape index (κ3) is 1.37. The summed E-state index contributed by atoms with van der Waals surface area (Å²) in [6.07, 6.45) is 1.89. The SMILES string of the molecule is O=C1c2scc(-c3ccc(F)cc3)c2-n2cccc21. The van der Waals surface area contributed by atoms with E-state index in [1.54, 1.807) is 12.1 Å². The summed E-state index contributed by atoms with van der Waals surface area (Å²) in [6.45, 7) is 0. The first-order valence-corrected chi connectivity index (χ1v) is 6.73. The number of nitrogens with zero attached hydrogens (tertiary/aromatic N) is 1. The van der Waals surface area contributed by atoms with Crippen molar-refractivity contribution >= 4 is 17.1 Å². The van der Waals surface area contributed by atoms with Crippen LogP contribution in [0.2, 0.25) is 0 Å². The summed E-state index contributed by atoms with van der Waals surface area (Å²) in [5.74, 6) is -0.188. The molecule has 4 heteroatoms. The number of hydrogen-bond donors (Lipinski definition) is 0. The molecular weight excluding hydrogens is 261 g/mol. The lowest BCUT2D eigenvalue weighted by molar-refractivity contribution is 0.104. The molecule has 1 aliphatic heterocycles. The van der Waals surface area contributed by atoms with Crippen LogP contribution in [0.3, 0.4) is 0 Å². The van der Waals surface area contributed by atoms with Gasteiger partial charge in [-0.25, -0.2) is 4.39 Å². The third-order valence-electron chi connectivity index (χ3n) is 3.35. The van der Waals surface area contributed by atoms with Crippen molar-refractivity contribution in [3.05, 3.63) is 64.4 Å². The normalized spacial score (nSPS) is 12.6. The molecule has 0 aliphatic carbocycles. The van der Waals surface area contributed by atoms with Crippen LogP contribution in [0.15, 0.2) is 48.0 Å². The Morgan fingerprint density at radius 3 is 2.68 bits per heavy atom. The number of thiophene rings is 1. The molecule has 1 aliphatic rings. The van der Waals surface area contributed by atoms with Crippen molar-refractivity contribution in [1.82, 2.24) is 4.57 Å². The first-order chi connectivity index (χ1) is 9.25. The number of hydrogen-bond acceptors (Lipinski definition) is 2. The Labute approximate surface area is 112 Å². The minimum atomic E-state index is -0.256. The van der Waals surface area contributed by atoms with E-state index in [0.29, 0.717) is 5.69 Å². The molecule has 0 saturated carbocycles. The third-order valence-corrected chi connectivity index (χ3v) is 4.32. The van der Waals surface area contributed by atoms with Gasteiger partial charge in [0.05, 0.1) is 11.4 Å². The molecule has 0 amide bonds. The Morgan fingerprint density at radius 1 is 1.11 bits per heavy atom. The van der Waals surface area contributed by atoms with Gasteiger partial charge in [0.15, 0.2) is 0 Å². The second kappa shape index (κ2) is 3.65. The van der Waals surface area contributed by atoms with E-state index in [0.717, 1.165) is 21.7 Å². The van der Waals surface area contributed by atoms with Crippen molar-refractivity contribution < 1.29 is 9.18 Å². The number of aromatic nitrogens is 1. The predicted molar refractivity (Wildman–Crippen MR) is 72.5 cm³/mol. The minimum Gasteiger partial charge on any atom is -0.311 e. The van der Waals surface area contributed by atoms with Gasteiger partial charge >= 0.3 is 0 Å². The van der Waals surface area contributed by atoms with Gasteiger partial charge < -0.3 is 4.57 Å². The Kier molecular flexibility index (Phi) is 2.05. The maximum atomic E-state index is 13.0. The number of ketones is 1. The molecule has 0 N–H and O–H groups in total. The zero-order valence-electron chi connectivity index (χ0n) is 9.76. The summed E-state index contributed by atoms with van der Waals surface area (Å²) in [4.78, 5) is 12.9. The van der Waals surface area contributed by atoms with Gasteiger partial charge in [0, 0.05) is 17.1 Å². The first kappa shape index (κ1) is 10.7. The average Bonchev–Trinajstić information content (AvgIpc) is 3.08. The van der Waals surface area contributed by atoms with Crippen LogP contribution in [0.4, 0.5) is 4.39 Å². The lowest BCUT2D eigenvalue weighted by Gasteiger charge is -2.04. The number of benzene rings is 1. The Balaban J connectivity index is 1.97. The number of carbonyl (C=O) groups is 1. The number of halogens is 1. The van der Waals surface area contributed by atoms with Crippen LogP contribution in [0, 0.1) is 5.82 Å². The van der Waals surface area contributed by atoms with Gasteiger partial charge in [-0.1, -0.05) is 12.1 Å². The Bertz CT molecular complexity index is 798. The second-order valence-corrected chi connectivity index (χ2v) is 5.31. The quantitative estimate of drug-likeness (QED) is 0.514. The fourth-order valence-electron chi connectivity index (χ4n) is 2.46. The molecule has 2 aromatic heterocycles. The van der Waals surface area contributed by atoms with Crippen molar-refractivity contribution in [3.8, 4) is 16.8 Å². The highest BCUT2D eigenvalue weighted by Crippen LogP contribution is 2.40. The summed E-state index contributed by atoms with van der Waals surface area (Å²) in [5, 5.41) is 1.96. The standard InChI is InChI=1S/C15H8FNOS/c16-10-5-3-9(4-6-10)11-8-19-15-13(11)17-7-1-2-12(17)14(15)18/h1-8H. The second-order valence-electron chi connectivity index (χ2n) is 4.43. The van der Waals surface area contributed by atoms with Gasteiger partial charge in [-0.15, -0.1) is 11.3 Å². The van der Waals surface area contributed by atoms with E-state index in [4.69, 9.17) is 0 Å². The molecule has 0 radical (unpaired) electrons. The van der Waals surface area contributed by atoms with Crippen molar-refractivity contribution in [3.63, 3.8) is 0 Å². The van der Waals surface area contributed by atoms with Gasteiger partial charge in [0.2, 0.25) is 5.78 Å². The van der Waals surface area contributed by atoms with Gasteiger partial charge in [0.25, 0.3) is 0 Å². The summed E-state index contributed by atoms with van der Waals surface area (Å²) < 4.78 is 14.9. The lowest BCUT2D eigenvalue weighted by Crippen LogP contribution is -1.94. The summed E-state index contributed by atoms with van der Waals surface area (Å²) >= 11 is 1.44. The molecule has 2 nitrogen and oxygen atoms in total. The zero-order valence-corrected chi connectivity index (χ0v) is 10.6. The van der Waals surface area contributed by atoms with Crippen molar-refractivity contribution in [2.24, 2.45) is 0 Å². The molecule has 4 rings (SSSR count). The van der Waals surface area contributed by atoms with Gasteiger partial charge in [-0.2, -0.15) is 0 Å². The Morgan fingerprint density at radius 2 is 1.89 bits per heavy atom. The number of carbonyl (C=O) groups excluding carboxylic acids is 1. The molecule has 0 bridgehead atoms. The maximum Gasteiger partial charge on any atom is 0.221 e. The van der Waals surface area contributed by atoms with Crippen LogP contribution < -0.4 is 0 Å². The zero-order chi connectivity index (χ0) is 13.0. The van der Waals surface area contributed by atoms with E-state index in [2.05, 4.69) is 0 Å². The molecule has 0 spiro atoms. The first-order valence-electron chi connectivity index (χ1n) is 5.85. The smallest absolute Gasteiger partial charge is 0.221 e.